The largest absolute Gasteiger partial charge is 0.397 e. The molecule has 4 rings (SSSR count). The lowest BCUT2D eigenvalue weighted by Gasteiger charge is -2.64. The smallest absolute Gasteiger partial charge is 0.393 e. The van der Waals surface area contributed by atoms with Crippen LogP contribution in [0.25, 0.3) is 0 Å². The van der Waals surface area contributed by atoms with Crippen LogP contribution < -0.4 is 0 Å². The zero-order valence-electron chi connectivity index (χ0n) is 19.9. The first-order valence-electron chi connectivity index (χ1n) is 12.8. The molecule has 0 aromatic heterocycles. The van der Waals surface area contributed by atoms with Crippen LogP contribution in [-0.2, 0) is 14.6 Å². The van der Waals surface area contributed by atoms with Crippen molar-refractivity contribution in [2.24, 2.45) is 52.3 Å². The molecular weight excluding hydrogens is 412 g/mol. The molecular formula is C25H44O5S. The van der Waals surface area contributed by atoms with E-state index in [1.165, 1.54) is 44.9 Å². The van der Waals surface area contributed by atoms with Gasteiger partial charge in [0.1, 0.15) is 0 Å². The zero-order chi connectivity index (χ0) is 22.6. The maximum Gasteiger partial charge on any atom is 0.397 e. The fraction of sp³-hybridized carbons (Fsp3) is 1.00. The monoisotopic (exact) mass is 456 g/mol. The summed E-state index contributed by atoms with van der Waals surface area (Å²) < 4.78 is 35.4. The minimum absolute atomic E-state index is 0.0452. The summed E-state index contributed by atoms with van der Waals surface area (Å²) >= 11 is 0. The summed E-state index contributed by atoms with van der Waals surface area (Å²) in [5, 5.41) is 11.7. The van der Waals surface area contributed by atoms with Crippen LogP contribution in [0.1, 0.15) is 91.9 Å². The van der Waals surface area contributed by atoms with Crippen molar-refractivity contribution < 1.29 is 22.3 Å². The summed E-state index contributed by atoms with van der Waals surface area (Å²) in [5.74, 6) is 3.60. The molecule has 4 aliphatic carbocycles. The molecule has 4 aliphatic rings. The third-order valence-electron chi connectivity index (χ3n) is 10.9. The highest BCUT2D eigenvalue weighted by Gasteiger charge is 2.64. The van der Waals surface area contributed by atoms with Crippen LogP contribution >= 0.6 is 0 Å². The number of fused-ring (bicyclic) bond motifs is 5. The van der Waals surface area contributed by atoms with Gasteiger partial charge in [0, 0.05) is 0 Å². The van der Waals surface area contributed by atoms with E-state index in [2.05, 4.69) is 31.9 Å². The van der Waals surface area contributed by atoms with Crippen molar-refractivity contribution >= 4 is 10.4 Å². The Balaban J connectivity index is 1.55. The van der Waals surface area contributed by atoms with Gasteiger partial charge in [0.25, 0.3) is 0 Å². The van der Waals surface area contributed by atoms with Gasteiger partial charge in [-0.15, -0.1) is 0 Å². The van der Waals surface area contributed by atoms with Crippen molar-refractivity contribution in [2.45, 2.75) is 98.0 Å². The predicted octanol–water partition coefficient (Wildman–Crippen LogP) is 5.49. The van der Waals surface area contributed by atoms with Crippen LogP contribution in [-0.4, -0.2) is 30.8 Å². The van der Waals surface area contributed by atoms with Crippen LogP contribution in [0, 0.1) is 52.3 Å². The molecule has 2 N–H and O–H groups in total. The molecule has 0 bridgehead atoms. The first-order chi connectivity index (χ1) is 14.5. The highest BCUT2D eigenvalue weighted by molar-refractivity contribution is 7.80. The van der Waals surface area contributed by atoms with Gasteiger partial charge in [-0.1, -0.05) is 47.0 Å². The first kappa shape index (κ1) is 24.0. The van der Waals surface area contributed by atoms with Gasteiger partial charge in [-0.05, 0) is 97.2 Å². The number of hydrogen-bond acceptors (Lipinski definition) is 4. The van der Waals surface area contributed by atoms with Gasteiger partial charge in [-0.2, -0.15) is 8.42 Å². The molecule has 0 radical (unpaired) electrons. The lowest BCUT2D eigenvalue weighted by molar-refractivity contribution is -0.194. The maximum absolute atomic E-state index is 11.7. The Hall–Kier alpha value is -0.170. The molecule has 31 heavy (non-hydrogen) atoms. The summed E-state index contributed by atoms with van der Waals surface area (Å²) in [6.07, 6.45) is 11.6. The van der Waals surface area contributed by atoms with Gasteiger partial charge in [0.2, 0.25) is 0 Å². The van der Waals surface area contributed by atoms with Crippen molar-refractivity contribution in [3.8, 4) is 0 Å². The summed E-state index contributed by atoms with van der Waals surface area (Å²) in [4.78, 5) is 0. The van der Waals surface area contributed by atoms with E-state index in [9.17, 15) is 13.5 Å². The van der Waals surface area contributed by atoms with Crippen molar-refractivity contribution in [3.63, 3.8) is 0 Å². The SMILES string of the molecule is CC[C@H]1C(O)C2C3CC[C@H]([C@H](C)CCOS(=O)(=O)O)[C@@]3(C)CCC2[C@@]2(C)CCCC[C@@H]12. The number of aliphatic hydroxyl groups excluding tert-OH is 1. The Morgan fingerprint density at radius 3 is 2.39 bits per heavy atom. The Labute approximate surface area is 189 Å². The Morgan fingerprint density at radius 1 is 1.00 bits per heavy atom. The Bertz CT molecular complexity index is 753. The summed E-state index contributed by atoms with van der Waals surface area (Å²) in [6, 6.07) is 0. The molecule has 0 spiro atoms. The third kappa shape index (κ3) is 4.02. The molecule has 0 aromatic rings. The van der Waals surface area contributed by atoms with Gasteiger partial charge in [0.05, 0.1) is 12.7 Å². The Kier molecular flexibility index (Phi) is 6.62. The van der Waals surface area contributed by atoms with E-state index in [-0.39, 0.29) is 18.1 Å². The van der Waals surface area contributed by atoms with Crippen LogP contribution in [0.4, 0.5) is 0 Å². The molecule has 4 fully saturated rings. The second-order valence-corrected chi connectivity index (χ2v) is 13.0. The molecule has 0 saturated heterocycles. The van der Waals surface area contributed by atoms with Crippen molar-refractivity contribution in [2.75, 3.05) is 6.61 Å². The van der Waals surface area contributed by atoms with E-state index in [1.807, 2.05) is 0 Å². The number of rotatable bonds is 6. The average molecular weight is 457 g/mol. The van der Waals surface area contributed by atoms with E-state index < -0.39 is 10.4 Å². The second-order valence-electron chi connectivity index (χ2n) is 12.0. The molecule has 4 unspecified atom stereocenters. The highest BCUT2D eigenvalue weighted by Crippen LogP contribution is 2.69. The second kappa shape index (κ2) is 8.56. The standard InChI is InChI=1S/C25H44O5S/c1-5-17-19-8-6-7-13-24(19,3)21-11-14-25(4)18(9-10-20(25)22(21)23(17)26)16(2)12-15-30-31(27,28)29/h16-23,26H,5-15H2,1-4H3,(H,27,28,29)/t16-,17-,18-,19+,20?,21?,22?,23?,24+,25-/m1/s1. The van der Waals surface area contributed by atoms with E-state index in [0.717, 1.165) is 12.8 Å². The van der Waals surface area contributed by atoms with Gasteiger partial charge >= 0.3 is 10.4 Å². The fourth-order valence-electron chi connectivity index (χ4n) is 9.55. The van der Waals surface area contributed by atoms with Crippen LogP contribution in [0.3, 0.4) is 0 Å². The molecule has 0 aromatic carbocycles. The van der Waals surface area contributed by atoms with Gasteiger partial charge in [0.15, 0.2) is 0 Å². The normalized spacial score (nSPS) is 48.5. The lowest BCUT2D eigenvalue weighted by atomic mass is 9.41. The quantitative estimate of drug-likeness (QED) is 0.517. The Morgan fingerprint density at radius 2 is 1.71 bits per heavy atom. The van der Waals surface area contributed by atoms with Gasteiger partial charge in [-0.25, -0.2) is 4.18 Å². The number of aliphatic hydroxyl groups is 1. The highest BCUT2D eigenvalue weighted by atomic mass is 32.3. The molecule has 5 nitrogen and oxygen atoms in total. The number of hydrogen-bond donors (Lipinski definition) is 2. The first-order valence-corrected chi connectivity index (χ1v) is 14.2. The van der Waals surface area contributed by atoms with E-state index in [1.54, 1.807) is 0 Å². The van der Waals surface area contributed by atoms with Crippen molar-refractivity contribution in [3.05, 3.63) is 0 Å². The summed E-state index contributed by atoms with van der Waals surface area (Å²) in [6.45, 7) is 9.55. The third-order valence-corrected chi connectivity index (χ3v) is 11.4. The molecule has 4 saturated carbocycles. The molecule has 0 amide bonds. The topological polar surface area (TPSA) is 83.8 Å². The predicted molar refractivity (Wildman–Crippen MR) is 122 cm³/mol. The van der Waals surface area contributed by atoms with Crippen LogP contribution in [0.15, 0.2) is 0 Å². The molecule has 180 valence electrons. The van der Waals surface area contributed by atoms with E-state index in [4.69, 9.17) is 4.55 Å². The maximum atomic E-state index is 11.7. The molecule has 0 heterocycles. The van der Waals surface area contributed by atoms with E-state index >= 15 is 0 Å². The fourth-order valence-corrected chi connectivity index (χ4v) is 9.86. The van der Waals surface area contributed by atoms with Crippen molar-refractivity contribution in [1.82, 2.24) is 0 Å². The van der Waals surface area contributed by atoms with Gasteiger partial charge < -0.3 is 5.11 Å². The summed E-state index contributed by atoms with van der Waals surface area (Å²) in [7, 11) is -4.37. The van der Waals surface area contributed by atoms with Crippen LogP contribution in [0.2, 0.25) is 0 Å². The van der Waals surface area contributed by atoms with Crippen molar-refractivity contribution in [1.29, 1.82) is 0 Å². The zero-order valence-corrected chi connectivity index (χ0v) is 20.7. The minimum atomic E-state index is -4.37. The van der Waals surface area contributed by atoms with E-state index in [0.29, 0.717) is 53.3 Å². The van der Waals surface area contributed by atoms with Gasteiger partial charge in [-0.3, -0.25) is 4.55 Å². The molecule has 6 heteroatoms. The average Bonchev–Trinajstić information content (AvgIpc) is 3.04. The lowest BCUT2D eigenvalue weighted by Crippen LogP contribution is -2.61. The minimum Gasteiger partial charge on any atom is -0.393 e. The van der Waals surface area contributed by atoms with Crippen LogP contribution in [0.5, 0.6) is 0 Å². The summed E-state index contributed by atoms with van der Waals surface area (Å²) in [5.41, 5.74) is 0.590. The molecule has 0 aliphatic heterocycles. The molecule has 10 atom stereocenters.